The molecule has 28 heavy (non-hydrogen) atoms. The van der Waals surface area contributed by atoms with E-state index in [1.165, 1.54) is 43.3 Å². The zero-order chi connectivity index (χ0) is 20.9. The van der Waals surface area contributed by atoms with Crippen molar-refractivity contribution in [1.29, 1.82) is 0 Å². The molecule has 0 saturated carbocycles. The second-order valence-corrected chi connectivity index (χ2v) is 8.09. The molecule has 0 aliphatic carbocycles. The maximum absolute atomic E-state index is 12.9. The third-order valence-electron chi connectivity index (χ3n) is 4.15. The summed E-state index contributed by atoms with van der Waals surface area (Å²) in [7, 11) is -3.68. The Bertz CT molecular complexity index is 940. The van der Waals surface area contributed by atoms with Crippen LogP contribution in [0.3, 0.4) is 0 Å². The van der Waals surface area contributed by atoms with Crippen molar-refractivity contribution in [2.24, 2.45) is 0 Å². The first-order chi connectivity index (χ1) is 13.1. The molecule has 8 heteroatoms. The van der Waals surface area contributed by atoms with Gasteiger partial charge >= 0.3 is 5.97 Å². The molecule has 2 aromatic rings. The molecule has 0 spiro atoms. The van der Waals surface area contributed by atoms with Gasteiger partial charge in [-0.3, -0.25) is 4.79 Å². The average molecular weight is 407 g/mol. The Balaban J connectivity index is 2.06. The third-order valence-corrected chi connectivity index (χ3v) is 5.76. The summed E-state index contributed by atoms with van der Waals surface area (Å²) in [6.45, 7) is 5.03. The molecule has 0 aliphatic rings. The van der Waals surface area contributed by atoms with Crippen LogP contribution in [0.25, 0.3) is 0 Å². The number of hydrogen-bond acceptors (Lipinski definition) is 5. The molecule has 2 aromatic carbocycles. The zero-order valence-electron chi connectivity index (χ0n) is 15.8. The largest absolute Gasteiger partial charge is 0.451 e. The second kappa shape index (κ2) is 9.07. The molecule has 1 N–H and O–H groups in total. The van der Waals surface area contributed by atoms with Crippen molar-refractivity contribution < 1.29 is 27.1 Å². The predicted octanol–water partition coefficient (Wildman–Crippen LogP) is 3.33. The Morgan fingerprint density at radius 1 is 1.00 bits per heavy atom. The molecule has 2 rings (SSSR count). The molecule has 0 heterocycles. The summed E-state index contributed by atoms with van der Waals surface area (Å²) >= 11 is 0. The highest BCUT2D eigenvalue weighted by Crippen LogP contribution is 2.14. The lowest BCUT2D eigenvalue weighted by Crippen LogP contribution is -2.32. The van der Waals surface area contributed by atoms with E-state index < -0.39 is 33.7 Å². The van der Waals surface area contributed by atoms with Crippen LogP contribution in [0, 0.1) is 5.82 Å². The van der Waals surface area contributed by atoms with Crippen molar-refractivity contribution in [2.75, 3.05) is 0 Å². The zero-order valence-corrected chi connectivity index (χ0v) is 16.6. The molecular weight excluding hydrogens is 385 g/mol. The first kappa shape index (κ1) is 21.7. The summed E-state index contributed by atoms with van der Waals surface area (Å²) in [5, 5.41) is 0. The number of carbonyl (C=O) groups is 2. The Morgan fingerprint density at radius 2 is 1.54 bits per heavy atom. The number of ether oxygens (including phenoxy) is 1. The predicted molar refractivity (Wildman–Crippen MR) is 102 cm³/mol. The number of rotatable bonds is 8. The van der Waals surface area contributed by atoms with Crippen LogP contribution in [-0.4, -0.2) is 32.3 Å². The third kappa shape index (κ3) is 5.46. The van der Waals surface area contributed by atoms with Crippen LogP contribution < -0.4 is 4.72 Å². The van der Waals surface area contributed by atoms with Crippen molar-refractivity contribution in [3.05, 3.63) is 65.5 Å². The van der Waals surface area contributed by atoms with Crippen LogP contribution in [0.5, 0.6) is 0 Å². The minimum atomic E-state index is -3.68. The van der Waals surface area contributed by atoms with Crippen LogP contribution in [-0.2, 0) is 14.8 Å². The summed E-state index contributed by atoms with van der Waals surface area (Å²) in [6.07, 6.45) is -0.433. The molecule has 6 nitrogen and oxygen atoms in total. The highest BCUT2D eigenvalue weighted by molar-refractivity contribution is 7.89. The van der Waals surface area contributed by atoms with E-state index in [-0.39, 0.29) is 22.1 Å². The summed E-state index contributed by atoms with van der Waals surface area (Å²) < 4.78 is 45.1. The summed E-state index contributed by atoms with van der Waals surface area (Å²) in [6, 6.07) is 9.95. The number of esters is 1. The molecule has 2 atom stereocenters. The Hall–Kier alpha value is -2.58. The van der Waals surface area contributed by atoms with E-state index in [9.17, 15) is 22.4 Å². The molecule has 0 saturated heterocycles. The van der Waals surface area contributed by atoms with Crippen molar-refractivity contribution in [3.63, 3.8) is 0 Å². The normalized spacial score (nSPS) is 13.6. The highest BCUT2D eigenvalue weighted by Gasteiger charge is 2.22. The van der Waals surface area contributed by atoms with Crippen molar-refractivity contribution in [3.8, 4) is 0 Å². The van der Waals surface area contributed by atoms with Gasteiger partial charge in [-0.2, -0.15) is 0 Å². The van der Waals surface area contributed by atoms with E-state index in [2.05, 4.69) is 4.72 Å². The Labute approximate surface area is 163 Å². The quantitative estimate of drug-likeness (QED) is 0.536. The topological polar surface area (TPSA) is 89.5 Å². The van der Waals surface area contributed by atoms with E-state index in [0.29, 0.717) is 6.42 Å². The number of sulfonamides is 1. The smallest absolute Gasteiger partial charge is 0.338 e. The summed E-state index contributed by atoms with van der Waals surface area (Å²) in [4.78, 5) is 24.5. The number of benzene rings is 2. The summed E-state index contributed by atoms with van der Waals surface area (Å²) in [5.74, 6) is -1.70. The maximum Gasteiger partial charge on any atom is 0.338 e. The monoisotopic (exact) mass is 407 g/mol. The van der Waals surface area contributed by atoms with Crippen molar-refractivity contribution in [2.45, 2.75) is 44.2 Å². The molecule has 150 valence electrons. The van der Waals surface area contributed by atoms with Gasteiger partial charge in [0.15, 0.2) is 6.10 Å². The Kier molecular flexibility index (Phi) is 7.04. The lowest BCUT2D eigenvalue weighted by molar-refractivity contribution is 0.0318. The van der Waals surface area contributed by atoms with E-state index >= 15 is 0 Å². The van der Waals surface area contributed by atoms with Gasteiger partial charge < -0.3 is 4.74 Å². The average Bonchev–Trinajstić information content (AvgIpc) is 2.67. The first-order valence-corrected chi connectivity index (χ1v) is 10.3. The van der Waals surface area contributed by atoms with E-state index in [1.54, 1.807) is 6.92 Å². The van der Waals surface area contributed by atoms with E-state index in [1.807, 2.05) is 6.92 Å². The van der Waals surface area contributed by atoms with Crippen molar-refractivity contribution in [1.82, 2.24) is 4.72 Å². The van der Waals surface area contributed by atoms with Gasteiger partial charge in [-0.1, -0.05) is 6.92 Å². The number of Topliss-reactive ketones (excluding diaryl/α,β-unsaturated/α-hetero) is 1. The fourth-order valence-corrected chi connectivity index (χ4v) is 3.64. The van der Waals surface area contributed by atoms with Gasteiger partial charge in [0, 0.05) is 11.6 Å². The molecule has 0 fully saturated rings. The molecule has 0 bridgehead atoms. The van der Waals surface area contributed by atoms with Gasteiger partial charge in [0.1, 0.15) is 5.82 Å². The van der Waals surface area contributed by atoms with Crippen molar-refractivity contribution >= 4 is 21.8 Å². The molecular formula is C20H22FNO5S. The fourth-order valence-electron chi connectivity index (χ4n) is 2.32. The molecule has 0 amide bonds. The van der Waals surface area contributed by atoms with Gasteiger partial charge in [-0.15, -0.1) is 0 Å². The number of ketones is 1. The van der Waals surface area contributed by atoms with Gasteiger partial charge in [0.2, 0.25) is 15.8 Å². The number of hydrogen-bond donors (Lipinski definition) is 1. The van der Waals surface area contributed by atoms with Crippen LogP contribution in [0.1, 0.15) is 47.9 Å². The Morgan fingerprint density at radius 3 is 2.07 bits per heavy atom. The van der Waals surface area contributed by atoms with E-state index in [0.717, 1.165) is 12.1 Å². The molecule has 0 aliphatic heterocycles. The van der Waals surface area contributed by atoms with Crippen LogP contribution in [0.2, 0.25) is 0 Å². The SMILES string of the molecule is CC[C@@H](C)NS(=O)(=O)c1ccc(C(=O)O[C@@H](C)C(=O)c2ccc(F)cc2)cc1. The number of nitrogens with one attached hydrogen (secondary N) is 1. The number of halogens is 1. The fraction of sp³-hybridized carbons (Fsp3) is 0.300. The minimum absolute atomic E-state index is 0.0276. The molecule has 0 radical (unpaired) electrons. The maximum atomic E-state index is 12.9. The van der Waals surface area contributed by atoms with Gasteiger partial charge in [-0.05, 0) is 68.8 Å². The summed E-state index contributed by atoms with van der Waals surface area (Å²) in [5.41, 5.74) is 0.334. The van der Waals surface area contributed by atoms with Gasteiger partial charge in [-0.25, -0.2) is 22.3 Å². The minimum Gasteiger partial charge on any atom is -0.451 e. The van der Waals surface area contributed by atoms with Crippen LogP contribution in [0.15, 0.2) is 53.4 Å². The van der Waals surface area contributed by atoms with Gasteiger partial charge in [0.05, 0.1) is 10.5 Å². The number of carbonyl (C=O) groups excluding carboxylic acids is 2. The standard InChI is InChI=1S/C20H22FNO5S/c1-4-13(2)22-28(25,26)18-11-7-16(8-12-18)20(24)27-14(3)19(23)15-5-9-17(21)10-6-15/h5-14,22H,4H2,1-3H3/t13-,14+/m1/s1. The lowest BCUT2D eigenvalue weighted by atomic mass is 10.1. The van der Waals surface area contributed by atoms with E-state index in [4.69, 9.17) is 4.74 Å². The van der Waals surface area contributed by atoms with Crippen LogP contribution >= 0.6 is 0 Å². The molecule has 0 unspecified atom stereocenters. The lowest BCUT2D eigenvalue weighted by Gasteiger charge is -2.14. The highest BCUT2D eigenvalue weighted by atomic mass is 32.2. The second-order valence-electron chi connectivity index (χ2n) is 6.37. The molecule has 0 aromatic heterocycles. The van der Waals surface area contributed by atoms with Crippen LogP contribution in [0.4, 0.5) is 4.39 Å². The first-order valence-electron chi connectivity index (χ1n) is 8.77. The van der Waals surface area contributed by atoms with Gasteiger partial charge in [0.25, 0.3) is 0 Å².